The summed E-state index contributed by atoms with van der Waals surface area (Å²) in [6.07, 6.45) is 1.90. The van der Waals surface area contributed by atoms with Crippen molar-refractivity contribution >= 4 is 17.5 Å². The van der Waals surface area contributed by atoms with E-state index in [2.05, 4.69) is 23.5 Å². The van der Waals surface area contributed by atoms with E-state index in [0.29, 0.717) is 23.7 Å². The van der Waals surface area contributed by atoms with E-state index in [1.54, 1.807) is 24.3 Å². The number of piperidine rings is 1. The molecule has 0 saturated carbocycles. The number of nitrogens with zero attached hydrogens (tertiary/aromatic N) is 1. The summed E-state index contributed by atoms with van der Waals surface area (Å²) in [5.74, 6) is 0.345. The van der Waals surface area contributed by atoms with Crippen molar-refractivity contribution in [1.29, 1.82) is 0 Å². The standard InChI is InChI=1S/C21H25N3O2/c1-15(25)23-20-7-3-6-19(13-20)21(26)24-10-8-17(9-11-24)18-5-2-4-16(12-18)14-22/h2-7,12-13,17H,8-11,14,22H2,1H3,(H,23,25). The molecule has 2 amide bonds. The summed E-state index contributed by atoms with van der Waals surface area (Å²) >= 11 is 0. The third kappa shape index (κ3) is 4.29. The van der Waals surface area contributed by atoms with Gasteiger partial charge < -0.3 is 16.0 Å². The van der Waals surface area contributed by atoms with Crippen LogP contribution < -0.4 is 11.1 Å². The van der Waals surface area contributed by atoms with Crippen LogP contribution in [0, 0.1) is 0 Å². The van der Waals surface area contributed by atoms with Crippen molar-refractivity contribution in [3.05, 3.63) is 65.2 Å². The van der Waals surface area contributed by atoms with Crippen LogP contribution in [-0.4, -0.2) is 29.8 Å². The van der Waals surface area contributed by atoms with Gasteiger partial charge >= 0.3 is 0 Å². The maximum atomic E-state index is 12.8. The molecule has 0 aliphatic carbocycles. The molecule has 5 heteroatoms. The zero-order chi connectivity index (χ0) is 18.5. The molecule has 0 bridgehead atoms. The molecule has 1 fully saturated rings. The topological polar surface area (TPSA) is 75.4 Å². The summed E-state index contributed by atoms with van der Waals surface area (Å²) in [4.78, 5) is 25.9. The van der Waals surface area contributed by atoms with E-state index in [1.807, 2.05) is 11.0 Å². The molecule has 1 heterocycles. The number of hydrogen-bond donors (Lipinski definition) is 2. The van der Waals surface area contributed by atoms with E-state index in [9.17, 15) is 9.59 Å². The summed E-state index contributed by atoms with van der Waals surface area (Å²) < 4.78 is 0. The maximum absolute atomic E-state index is 12.8. The number of nitrogens with two attached hydrogens (primary N) is 1. The molecule has 2 aromatic carbocycles. The highest BCUT2D eigenvalue weighted by Crippen LogP contribution is 2.29. The van der Waals surface area contributed by atoms with Crippen LogP contribution in [0.3, 0.4) is 0 Å². The molecule has 5 nitrogen and oxygen atoms in total. The fourth-order valence-corrected chi connectivity index (χ4v) is 3.51. The normalized spacial score (nSPS) is 14.9. The summed E-state index contributed by atoms with van der Waals surface area (Å²) in [5.41, 5.74) is 9.46. The molecule has 0 atom stereocenters. The van der Waals surface area contributed by atoms with Crippen LogP contribution >= 0.6 is 0 Å². The third-order valence-electron chi connectivity index (χ3n) is 4.87. The third-order valence-corrected chi connectivity index (χ3v) is 4.87. The lowest BCUT2D eigenvalue weighted by atomic mass is 9.88. The van der Waals surface area contributed by atoms with Gasteiger partial charge in [-0.1, -0.05) is 30.3 Å². The minimum atomic E-state index is -0.143. The lowest BCUT2D eigenvalue weighted by molar-refractivity contribution is -0.114. The van der Waals surface area contributed by atoms with Crippen LogP contribution in [0.4, 0.5) is 5.69 Å². The number of amides is 2. The number of carbonyl (C=O) groups is 2. The highest BCUT2D eigenvalue weighted by Gasteiger charge is 2.24. The van der Waals surface area contributed by atoms with E-state index in [0.717, 1.165) is 31.5 Å². The van der Waals surface area contributed by atoms with Gasteiger partial charge in [-0.2, -0.15) is 0 Å². The number of anilines is 1. The van der Waals surface area contributed by atoms with Gasteiger partial charge in [-0.25, -0.2) is 0 Å². The van der Waals surface area contributed by atoms with E-state index < -0.39 is 0 Å². The molecular formula is C21H25N3O2. The first-order chi connectivity index (χ1) is 12.6. The van der Waals surface area contributed by atoms with Crippen molar-refractivity contribution in [3.63, 3.8) is 0 Å². The Morgan fingerprint density at radius 3 is 2.54 bits per heavy atom. The number of nitrogens with one attached hydrogen (secondary N) is 1. The van der Waals surface area contributed by atoms with E-state index >= 15 is 0 Å². The first-order valence-electron chi connectivity index (χ1n) is 9.02. The molecule has 2 aromatic rings. The van der Waals surface area contributed by atoms with Gasteiger partial charge in [0.2, 0.25) is 5.91 Å². The van der Waals surface area contributed by atoms with Crippen LogP contribution in [0.15, 0.2) is 48.5 Å². The van der Waals surface area contributed by atoms with Crippen LogP contribution in [0.2, 0.25) is 0 Å². The maximum Gasteiger partial charge on any atom is 0.253 e. The van der Waals surface area contributed by atoms with Crippen molar-refractivity contribution in [1.82, 2.24) is 4.90 Å². The predicted octanol–water partition coefficient (Wildman–Crippen LogP) is 3.12. The van der Waals surface area contributed by atoms with Gasteiger partial charge in [0.25, 0.3) is 5.91 Å². The van der Waals surface area contributed by atoms with Gasteiger partial charge in [-0.3, -0.25) is 9.59 Å². The van der Waals surface area contributed by atoms with Gasteiger partial charge in [-0.15, -0.1) is 0 Å². The monoisotopic (exact) mass is 351 g/mol. The summed E-state index contributed by atoms with van der Waals surface area (Å²) in [7, 11) is 0. The number of benzene rings is 2. The van der Waals surface area contributed by atoms with E-state index in [-0.39, 0.29) is 11.8 Å². The minimum absolute atomic E-state index is 0.0198. The van der Waals surface area contributed by atoms with Crippen molar-refractivity contribution in [2.75, 3.05) is 18.4 Å². The minimum Gasteiger partial charge on any atom is -0.339 e. The molecule has 0 spiro atoms. The van der Waals surface area contributed by atoms with Gasteiger partial charge in [0.05, 0.1) is 0 Å². The van der Waals surface area contributed by atoms with E-state index in [4.69, 9.17) is 5.73 Å². The lowest BCUT2D eigenvalue weighted by Crippen LogP contribution is -2.38. The Morgan fingerprint density at radius 1 is 1.12 bits per heavy atom. The van der Waals surface area contributed by atoms with Crippen molar-refractivity contribution in [3.8, 4) is 0 Å². The molecule has 136 valence electrons. The van der Waals surface area contributed by atoms with Gasteiger partial charge in [0, 0.05) is 37.8 Å². The fourth-order valence-electron chi connectivity index (χ4n) is 3.51. The first kappa shape index (κ1) is 18.1. The van der Waals surface area contributed by atoms with Gasteiger partial charge in [-0.05, 0) is 48.1 Å². The molecule has 0 unspecified atom stereocenters. The van der Waals surface area contributed by atoms with Crippen LogP contribution in [-0.2, 0) is 11.3 Å². The number of rotatable bonds is 4. The second kappa shape index (κ2) is 8.15. The molecule has 3 N–H and O–H groups in total. The average molecular weight is 351 g/mol. The number of likely N-dealkylation sites (tertiary alicyclic amines) is 1. The van der Waals surface area contributed by atoms with Gasteiger partial charge in [0.1, 0.15) is 0 Å². The highest BCUT2D eigenvalue weighted by molar-refractivity contribution is 5.96. The molecule has 1 saturated heterocycles. The second-order valence-corrected chi connectivity index (χ2v) is 6.78. The van der Waals surface area contributed by atoms with Gasteiger partial charge in [0.15, 0.2) is 0 Å². The summed E-state index contributed by atoms with van der Waals surface area (Å²) in [6.45, 7) is 3.48. The molecule has 0 radical (unpaired) electrons. The van der Waals surface area contributed by atoms with Crippen molar-refractivity contribution < 1.29 is 9.59 Å². The first-order valence-corrected chi connectivity index (χ1v) is 9.02. The Kier molecular flexibility index (Phi) is 5.68. The molecule has 26 heavy (non-hydrogen) atoms. The molecule has 0 aromatic heterocycles. The number of hydrogen-bond acceptors (Lipinski definition) is 3. The summed E-state index contributed by atoms with van der Waals surface area (Å²) in [6, 6.07) is 15.5. The Balaban J connectivity index is 1.64. The molecular weight excluding hydrogens is 326 g/mol. The zero-order valence-electron chi connectivity index (χ0n) is 15.1. The van der Waals surface area contributed by atoms with Crippen LogP contribution in [0.5, 0.6) is 0 Å². The molecule has 1 aliphatic heterocycles. The Morgan fingerprint density at radius 2 is 1.85 bits per heavy atom. The van der Waals surface area contributed by atoms with Crippen LogP contribution in [0.25, 0.3) is 0 Å². The summed E-state index contributed by atoms with van der Waals surface area (Å²) in [5, 5.41) is 2.72. The number of carbonyl (C=O) groups excluding carboxylic acids is 2. The highest BCUT2D eigenvalue weighted by atomic mass is 16.2. The smallest absolute Gasteiger partial charge is 0.253 e. The Labute approximate surface area is 154 Å². The largest absolute Gasteiger partial charge is 0.339 e. The van der Waals surface area contributed by atoms with E-state index in [1.165, 1.54) is 12.5 Å². The second-order valence-electron chi connectivity index (χ2n) is 6.78. The Bertz CT molecular complexity index is 795. The Hall–Kier alpha value is -2.66. The molecule has 3 rings (SSSR count). The predicted molar refractivity (Wildman–Crippen MR) is 103 cm³/mol. The quantitative estimate of drug-likeness (QED) is 0.889. The lowest BCUT2D eigenvalue weighted by Gasteiger charge is -2.32. The van der Waals surface area contributed by atoms with Crippen molar-refractivity contribution in [2.45, 2.75) is 32.2 Å². The fraction of sp³-hybridized carbons (Fsp3) is 0.333. The average Bonchev–Trinajstić information content (AvgIpc) is 2.67. The van der Waals surface area contributed by atoms with Crippen molar-refractivity contribution in [2.24, 2.45) is 5.73 Å². The van der Waals surface area contributed by atoms with Crippen LogP contribution in [0.1, 0.15) is 47.2 Å². The SMILES string of the molecule is CC(=O)Nc1cccc(C(=O)N2CCC(c3cccc(CN)c3)CC2)c1. The zero-order valence-corrected chi connectivity index (χ0v) is 15.1. The molecule has 1 aliphatic rings.